The van der Waals surface area contributed by atoms with Crippen LogP contribution in [0.4, 0.5) is 0 Å². The van der Waals surface area contributed by atoms with E-state index >= 15 is 0 Å². The number of phenolic OH excluding ortho intramolecular Hbond substituents is 1. The predicted molar refractivity (Wildman–Crippen MR) is 93.3 cm³/mol. The molecule has 0 aliphatic carbocycles. The van der Waals surface area contributed by atoms with E-state index in [0.717, 1.165) is 25.6 Å². The van der Waals surface area contributed by atoms with Gasteiger partial charge in [-0.1, -0.05) is 0 Å². The standard InChI is InChI=1S/C17H26N4O3/c1-4-18-17(21-9-7-20(8-10-21)13(2)22)19-12-14-11-15(24-3)5-6-16(14)23/h5-6,11,23H,4,7-10,12H2,1-3H3,(H,18,19). The number of methoxy groups -OCH3 is 1. The van der Waals surface area contributed by atoms with Gasteiger partial charge >= 0.3 is 0 Å². The number of aromatic hydroxyl groups is 1. The molecule has 7 nitrogen and oxygen atoms in total. The van der Waals surface area contributed by atoms with Crippen LogP contribution in [0.25, 0.3) is 0 Å². The Kier molecular flexibility index (Phi) is 6.28. The largest absolute Gasteiger partial charge is 0.508 e. The van der Waals surface area contributed by atoms with Crippen LogP contribution in [0.2, 0.25) is 0 Å². The molecule has 0 saturated carbocycles. The summed E-state index contributed by atoms with van der Waals surface area (Å²) in [6.45, 7) is 7.62. The van der Waals surface area contributed by atoms with Gasteiger partial charge in [-0.2, -0.15) is 0 Å². The van der Waals surface area contributed by atoms with Crippen molar-refractivity contribution in [3.8, 4) is 11.5 Å². The van der Waals surface area contributed by atoms with Crippen molar-refractivity contribution >= 4 is 11.9 Å². The maximum absolute atomic E-state index is 11.4. The fourth-order valence-corrected chi connectivity index (χ4v) is 2.63. The van der Waals surface area contributed by atoms with Crippen LogP contribution in [-0.2, 0) is 11.3 Å². The summed E-state index contributed by atoms with van der Waals surface area (Å²) in [7, 11) is 1.60. The van der Waals surface area contributed by atoms with E-state index in [2.05, 4.69) is 15.2 Å². The molecule has 2 rings (SSSR count). The molecule has 0 spiro atoms. The fraction of sp³-hybridized carbons (Fsp3) is 0.529. The summed E-state index contributed by atoms with van der Waals surface area (Å²) in [5, 5.41) is 13.3. The lowest BCUT2D eigenvalue weighted by atomic mass is 10.2. The number of rotatable bonds is 4. The number of carbonyl (C=O) groups is 1. The molecular formula is C17H26N4O3. The van der Waals surface area contributed by atoms with Gasteiger partial charge in [0.2, 0.25) is 5.91 Å². The Morgan fingerprint density at radius 1 is 1.29 bits per heavy atom. The maximum atomic E-state index is 11.4. The molecule has 132 valence electrons. The van der Waals surface area contributed by atoms with E-state index in [9.17, 15) is 9.90 Å². The molecule has 1 fully saturated rings. The second-order valence-corrected chi connectivity index (χ2v) is 5.66. The van der Waals surface area contributed by atoms with Gasteiger partial charge in [0.05, 0.1) is 13.7 Å². The quantitative estimate of drug-likeness (QED) is 0.635. The molecule has 0 aromatic heterocycles. The summed E-state index contributed by atoms with van der Waals surface area (Å²) in [5.74, 6) is 1.80. The Balaban J connectivity index is 2.07. The molecule has 1 saturated heterocycles. The summed E-state index contributed by atoms with van der Waals surface area (Å²) in [4.78, 5) is 20.0. The second-order valence-electron chi connectivity index (χ2n) is 5.66. The molecule has 7 heteroatoms. The first-order valence-corrected chi connectivity index (χ1v) is 8.19. The summed E-state index contributed by atoms with van der Waals surface area (Å²) in [6, 6.07) is 5.12. The smallest absolute Gasteiger partial charge is 0.219 e. The second kappa shape index (κ2) is 8.42. The van der Waals surface area contributed by atoms with E-state index < -0.39 is 0 Å². The van der Waals surface area contributed by atoms with Crippen LogP contribution in [-0.4, -0.2) is 66.6 Å². The normalized spacial score (nSPS) is 15.4. The number of ether oxygens (including phenoxy) is 1. The van der Waals surface area contributed by atoms with Crippen LogP contribution in [0, 0.1) is 0 Å². The van der Waals surface area contributed by atoms with Crippen LogP contribution < -0.4 is 10.1 Å². The minimum atomic E-state index is 0.109. The highest BCUT2D eigenvalue weighted by molar-refractivity contribution is 5.80. The molecule has 2 N–H and O–H groups in total. The molecule has 0 bridgehead atoms. The lowest BCUT2D eigenvalue weighted by Crippen LogP contribution is -2.53. The van der Waals surface area contributed by atoms with Crippen molar-refractivity contribution < 1.29 is 14.6 Å². The van der Waals surface area contributed by atoms with Gasteiger partial charge in [-0.25, -0.2) is 4.99 Å². The van der Waals surface area contributed by atoms with Gasteiger partial charge in [0.1, 0.15) is 11.5 Å². The minimum absolute atomic E-state index is 0.109. The van der Waals surface area contributed by atoms with Gasteiger partial charge in [0.15, 0.2) is 5.96 Å². The fourth-order valence-electron chi connectivity index (χ4n) is 2.63. The third-order valence-electron chi connectivity index (χ3n) is 4.05. The molecule has 0 unspecified atom stereocenters. The highest BCUT2D eigenvalue weighted by atomic mass is 16.5. The van der Waals surface area contributed by atoms with Crippen LogP contribution in [0.15, 0.2) is 23.2 Å². The predicted octanol–water partition coefficient (Wildman–Crippen LogP) is 1.03. The molecule has 24 heavy (non-hydrogen) atoms. The first kappa shape index (κ1) is 17.9. The number of phenols is 1. The molecule has 1 heterocycles. The molecule has 1 amide bonds. The third kappa shape index (κ3) is 4.53. The summed E-state index contributed by atoms with van der Waals surface area (Å²) in [6.07, 6.45) is 0. The molecule has 1 aromatic rings. The number of hydrogen-bond donors (Lipinski definition) is 2. The summed E-state index contributed by atoms with van der Waals surface area (Å²) >= 11 is 0. The molecule has 1 aliphatic rings. The average molecular weight is 334 g/mol. The van der Waals surface area contributed by atoms with Gasteiger partial charge in [-0.3, -0.25) is 4.79 Å². The topological polar surface area (TPSA) is 77.4 Å². The van der Waals surface area contributed by atoms with E-state index in [1.54, 1.807) is 32.2 Å². The number of carbonyl (C=O) groups excluding carboxylic acids is 1. The lowest BCUT2D eigenvalue weighted by Gasteiger charge is -2.36. The maximum Gasteiger partial charge on any atom is 0.219 e. The van der Waals surface area contributed by atoms with E-state index in [4.69, 9.17) is 4.74 Å². The zero-order chi connectivity index (χ0) is 17.5. The van der Waals surface area contributed by atoms with E-state index in [1.165, 1.54) is 0 Å². The van der Waals surface area contributed by atoms with Crippen LogP contribution in [0.3, 0.4) is 0 Å². The number of guanidine groups is 1. The van der Waals surface area contributed by atoms with E-state index in [0.29, 0.717) is 30.9 Å². The number of amides is 1. The Bertz CT molecular complexity index is 595. The van der Waals surface area contributed by atoms with Gasteiger partial charge in [0.25, 0.3) is 0 Å². The minimum Gasteiger partial charge on any atom is -0.508 e. The molecule has 0 radical (unpaired) electrons. The Morgan fingerprint density at radius 2 is 1.96 bits per heavy atom. The number of piperazine rings is 1. The van der Waals surface area contributed by atoms with Crippen molar-refractivity contribution in [2.75, 3.05) is 39.8 Å². The highest BCUT2D eigenvalue weighted by Gasteiger charge is 2.20. The summed E-state index contributed by atoms with van der Waals surface area (Å²) < 4.78 is 5.19. The molecule has 0 atom stereocenters. The number of nitrogens with one attached hydrogen (secondary N) is 1. The number of hydrogen-bond acceptors (Lipinski definition) is 4. The van der Waals surface area contributed by atoms with Crippen molar-refractivity contribution in [3.05, 3.63) is 23.8 Å². The van der Waals surface area contributed by atoms with Gasteiger partial charge in [-0.15, -0.1) is 0 Å². The van der Waals surface area contributed by atoms with Crippen molar-refractivity contribution in [1.82, 2.24) is 15.1 Å². The Hall–Kier alpha value is -2.44. The third-order valence-corrected chi connectivity index (χ3v) is 4.05. The molecule has 1 aliphatic heterocycles. The van der Waals surface area contributed by atoms with Crippen LogP contribution in [0.1, 0.15) is 19.4 Å². The lowest BCUT2D eigenvalue weighted by molar-refractivity contribution is -0.130. The molecular weight excluding hydrogens is 308 g/mol. The average Bonchev–Trinajstić information content (AvgIpc) is 2.60. The Morgan fingerprint density at radius 3 is 2.54 bits per heavy atom. The van der Waals surface area contributed by atoms with Gasteiger partial charge < -0.3 is 25.0 Å². The molecule has 1 aromatic carbocycles. The van der Waals surface area contributed by atoms with Gasteiger partial charge in [0, 0.05) is 45.2 Å². The van der Waals surface area contributed by atoms with Crippen LogP contribution in [0.5, 0.6) is 11.5 Å². The monoisotopic (exact) mass is 334 g/mol. The van der Waals surface area contributed by atoms with E-state index in [1.807, 2.05) is 11.8 Å². The first-order valence-electron chi connectivity index (χ1n) is 8.19. The Labute approximate surface area is 142 Å². The van der Waals surface area contributed by atoms with Gasteiger partial charge in [-0.05, 0) is 25.1 Å². The first-order chi connectivity index (χ1) is 11.5. The van der Waals surface area contributed by atoms with Crippen molar-refractivity contribution in [3.63, 3.8) is 0 Å². The zero-order valence-electron chi connectivity index (χ0n) is 14.6. The van der Waals surface area contributed by atoms with E-state index in [-0.39, 0.29) is 11.7 Å². The van der Waals surface area contributed by atoms with Crippen LogP contribution >= 0.6 is 0 Å². The van der Waals surface area contributed by atoms with Crippen molar-refractivity contribution in [2.24, 2.45) is 4.99 Å². The number of nitrogens with zero attached hydrogens (tertiary/aromatic N) is 3. The van der Waals surface area contributed by atoms with Crippen molar-refractivity contribution in [1.29, 1.82) is 0 Å². The SMILES string of the molecule is CCNC(=NCc1cc(OC)ccc1O)N1CCN(C(C)=O)CC1. The number of aliphatic imine (C=N–C) groups is 1. The highest BCUT2D eigenvalue weighted by Crippen LogP contribution is 2.23. The van der Waals surface area contributed by atoms with Crippen molar-refractivity contribution in [2.45, 2.75) is 20.4 Å². The zero-order valence-corrected chi connectivity index (χ0v) is 14.6. The summed E-state index contributed by atoms with van der Waals surface area (Å²) in [5.41, 5.74) is 0.715. The number of benzene rings is 1.